The number of benzene rings is 2. The fourth-order valence-corrected chi connectivity index (χ4v) is 2.35. The van der Waals surface area contributed by atoms with Crippen molar-refractivity contribution in [3.05, 3.63) is 66.7 Å². The van der Waals surface area contributed by atoms with Crippen LogP contribution in [0.2, 0.25) is 0 Å². The molecule has 0 aliphatic rings. The molecule has 0 heterocycles. The standard InChI is InChI=1S/C22H27N3O3/c1-4-13-28-20-8-6-7-19(14-20)25-21(26)15-23-18-11-9-17(10-12-18)22(27)24-16(3)5-2/h4,6-12,14,16,23H,1,5,13,15H2,2-3H3,(H,24,27)(H,25,26). The summed E-state index contributed by atoms with van der Waals surface area (Å²) in [5.74, 6) is 0.383. The molecule has 6 nitrogen and oxygen atoms in total. The van der Waals surface area contributed by atoms with Crippen molar-refractivity contribution in [1.82, 2.24) is 5.32 Å². The number of carbonyl (C=O) groups is 2. The van der Waals surface area contributed by atoms with Crippen LogP contribution in [0.1, 0.15) is 30.6 Å². The lowest BCUT2D eigenvalue weighted by molar-refractivity contribution is -0.114. The predicted molar refractivity (Wildman–Crippen MR) is 113 cm³/mol. The maximum absolute atomic E-state index is 12.1. The maximum Gasteiger partial charge on any atom is 0.251 e. The highest BCUT2D eigenvalue weighted by atomic mass is 16.5. The molecule has 2 aromatic carbocycles. The molecule has 0 fully saturated rings. The van der Waals surface area contributed by atoms with Crippen LogP contribution in [0.15, 0.2) is 61.2 Å². The topological polar surface area (TPSA) is 79.5 Å². The van der Waals surface area contributed by atoms with E-state index in [9.17, 15) is 9.59 Å². The van der Waals surface area contributed by atoms with E-state index in [1.54, 1.807) is 42.5 Å². The lowest BCUT2D eigenvalue weighted by atomic mass is 10.1. The van der Waals surface area contributed by atoms with Crippen LogP contribution in [0.5, 0.6) is 5.75 Å². The third-order valence-corrected chi connectivity index (χ3v) is 4.08. The molecule has 0 aromatic heterocycles. The van der Waals surface area contributed by atoms with E-state index >= 15 is 0 Å². The van der Waals surface area contributed by atoms with Crippen LogP contribution in [-0.4, -0.2) is 31.0 Å². The van der Waals surface area contributed by atoms with Gasteiger partial charge in [0.25, 0.3) is 5.91 Å². The summed E-state index contributed by atoms with van der Waals surface area (Å²) in [6.45, 7) is 8.11. The highest BCUT2D eigenvalue weighted by Crippen LogP contribution is 2.17. The molecule has 0 saturated heterocycles. The van der Waals surface area contributed by atoms with Gasteiger partial charge in [0.1, 0.15) is 12.4 Å². The van der Waals surface area contributed by atoms with Gasteiger partial charge in [-0.25, -0.2) is 0 Å². The first-order chi connectivity index (χ1) is 13.5. The van der Waals surface area contributed by atoms with E-state index < -0.39 is 0 Å². The number of ether oxygens (including phenoxy) is 1. The summed E-state index contributed by atoms with van der Waals surface area (Å²) >= 11 is 0. The number of rotatable bonds is 10. The Morgan fingerprint density at radius 3 is 2.57 bits per heavy atom. The normalized spacial score (nSPS) is 11.2. The van der Waals surface area contributed by atoms with Gasteiger partial charge in [-0.05, 0) is 49.7 Å². The molecule has 6 heteroatoms. The SMILES string of the molecule is C=CCOc1cccc(NC(=O)CNc2ccc(C(=O)NC(C)CC)cc2)c1. The van der Waals surface area contributed by atoms with E-state index in [1.165, 1.54) is 0 Å². The molecule has 3 N–H and O–H groups in total. The average molecular weight is 381 g/mol. The van der Waals surface area contributed by atoms with E-state index in [4.69, 9.17) is 4.74 Å². The molecule has 0 aliphatic heterocycles. The maximum atomic E-state index is 12.1. The first-order valence-electron chi connectivity index (χ1n) is 9.30. The second-order valence-electron chi connectivity index (χ2n) is 6.39. The van der Waals surface area contributed by atoms with Gasteiger partial charge < -0.3 is 20.7 Å². The summed E-state index contributed by atoms with van der Waals surface area (Å²) in [6.07, 6.45) is 2.54. The van der Waals surface area contributed by atoms with Gasteiger partial charge in [-0.3, -0.25) is 9.59 Å². The number of carbonyl (C=O) groups excluding carboxylic acids is 2. The van der Waals surface area contributed by atoms with Gasteiger partial charge in [-0.15, -0.1) is 0 Å². The van der Waals surface area contributed by atoms with E-state index in [-0.39, 0.29) is 24.4 Å². The monoisotopic (exact) mass is 381 g/mol. The van der Waals surface area contributed by atoms with Crippen molar-refractivity contribution in [3.63, 3.8) is 0 Å². The highest BCUT2D eigenvalue weighted by molar-refractivity contribution is 5.95. The Bertz CT molecular complexity index is 803. The van der Waals surface area contributed by atoms with Crippen LogP contribution in [0.4, 0.5) is 11.4 Å². The number of nitrogens with one attached hydrogen (secondary N) is 3. The smallest absolute Gasteiger partial charge is 0.251 e. The molecule has 2 rings (SSSR count). The Labute approximate surface area is 166 Å². The lowest BCUT2D eigenvalue weighted by Crippen LogP contribution is -2.31. The van der Waals surface area contributed by atoms with Crippen LogP contribution in [0, 0.1) is 0 Å². The first-order valence-corrected chi connectivity index (χ1v) is 9.30. The minimum absolute atomic E-state index is 0.0998. The summed E-state index contributed by atoms with van der Waals surface area (Å²) in [4.78, 5) is 24.2. The number of anilines is 2. The van der Waals surface area contributed by atoms with Crippen molar-refractivity contribution in [2.45, 2.75) is 26.3 Å². The Kier molecular flexibility index (Phi) is 8.09. The number of hydrogen-bond donors (Lipinski definition) is 3. The van der Waals surface area contributed by atoms with Crippen molar-refractivity contribution in [1.29, 1.82) is 0 Å². The van der Waals surface area contributed by atoms with Crippen molar-refractivity contribution >= 4 is 23.2 Å². The van der Waals surface area contributed by atoms with E-state index in [0.717, 1.165) is 12.1 Å². The van der Waals surface area contributed by atoms with Gasteiger partial charge in [0.15, 0.2) is 0 Å². The molecule has 0 aliphatic carbocycles. The summed E-state index contributed by atoms with van der Waals surface area (Å²) in [5, 5.41) is 8.78. The van der Waals surface area contributed by atoms with Gasteiger partial charge in [-0.2, -0.15) is 0 Å². The van der Waals surface area contributed by atoms with Gasteiger partial charge in [-0.1, -0.05) is 25.6 Å². The minimum atomic E-state index is -0.181. The quantitative estimate of drug-likeness (QED) is 0.547. The summed E-state index contributed by atoms with van der Waals surface area (Å²) in [7, 11) is 0. The van der Waals surface area contributed by atoms with Crippen molar-refractivity contribution in [2.24, 2.45) is 0 Å². The predicted octanol–water partition coefficient (Wildman–Crippen LogP) is 3.83. The molecule has 2 aromatic rings. The fraction of sp³-hybridized carbons (Fsp3) is 0.273. The van der Waals surface area contributed by atoms with Gasteiger partial charge >= 0.3 is 0 Å². The van der Waals surface area contributed by atoms with E-state index in [2.05, 4.69) is 22.5 Å². The molecule has 28 heavy (non-hydrogen) atoms. The summed E-state index contributed by atoms with van der Waals surface area (Å²) in [5.41, 5.74) is 2.01. The number of amides is 2. The molecule has 0 bridgehead atoms. The summed E-state index contributed by atoms with van der Waals surface area (Å²) in [6, 6.07) is 14.3. The zero-order valence-electron chi connectivity index (χ0n) is 16.3. The second-order valence-corrected chi connectivity index (χ2v) is 6.39. The summed E-state index contributed by atoms with van der Waals surface area (Å²) < 4.78 is 5.45. The van der Waals surface area contributed by atoms with Gasteiger partial charge in [0, 0.05) is 29.0 Å². The Hall–Kier alpha value is -3.28. The lowest BCUT2D eigenvalue weighted by Gasteiger charge is -2.12. The van der Waals surface area contributed by atoms with E-state index in [1.807, 2.05) is 26.0 Å². The molecule has 1 unspecified atom stereocenters. The molecular weight excluding hydrogens is 354 g/mol. The molecule has 1 atom stereocenters. The number of hydrogen-bond acceptors (Lipinski definition) is 4. The minimum Gasteiger partial charge on any atom is -0.489 e. The Morgan fingerprint density at radius 2 is 1.89 bits per heavy atom. The highest BCUT2D eigenvalue weighted by Gasteiger charge is 2.08. The molecule has 148 valence electrons. The largest absolute Gasteiger partial charge is 0.489 e. The van der Waals surface area contributed by atoms with Crippen LogP contribution in [0.3, 0.4) is 0 Å². The zero-order chi connectivity index (χ0) is 20.4. The van der Waals surface area contributed by atoms with Crippen molar-refractivity contribution in [2.75, 3.05) is 23.8 Å². The molecule has 2 amide bonds. The third-order valence-electron chi connectivity index (χ3n) is 4.08. The second kappa shape index (κ2) is 10.8. The Balaban J connectivity index is 1.84. The van der Waals surface area contributed by atoms with Crippen LogP contribution in [-0.2, 0) is 4.79 Å². The Morgan fingerprint density at radius 1 is 1.14 bits per heavy atom. The van der Waals surface area contributed by atoms with Crippen molar-refractivity contribution in [3.8, 4) is 5.75 Å². The van der Waals surface area contributed by atoms with Gasteiger partial charge in [0.2, 0.25) is 5.91 Å². The molecular formula is C22H27N3O3. The van der Waals surface area contributed by atoms with Crippen LogP contribution in [0.25, 0.3) is 0 Å². The molecule has 0 radical (unpaired) electrons. The molecule has 0 saturated carbocycles. The van der Waals surface area contributed by atoms with Crippen LogP contribution >= 0.6 is 0 Å². The van der Waals surface area contributed by atoms with Crippen molar-refractivity contribution < 1.29 is 14.3 Å². The average Bonchev–Trinajstić information content (AvgIpc) is 2.71. The molecule has 0 spiro atoms. The first kappa shape index (κ1) is 21.0. The van der Waals surface area contributed by atoms with Crippen LogP contribution < -0.4 is 20.7 Å². The third kappa shape index (κ3) is 6.79. The van der Waals surface area contributed by atoms with Gasteiger partial charge in [0.05, 0.1) is 6.54 Å². The zero-order valence-corrected chi connectivity index (χ0v) is 16.3. The fourth-order valence-electron chi connectivity index (χ4n) is 2.35. The van der Waals surface area contributed by atoms with E-state index in [0.29, 0.717) is 23.6 Å².